The summed E-state index contributed by atoms with van der Waals surface area (Å²) in [5.74, 6) is 0.172. The van der Waals surface area contributed by atoms with Crippen molar-refractivity contribution in [1.29, 1.82) is 5.26 Å². The van der Waals surface area contributed by atoms with E-state index in [-0.39, 0.29) is 5.57 Å². The molecule has 0 aliphatic heterocycles. The van der Waals surface area contributed by atoms with Crippen LogP contribution in [0.1, 0.15) is 22.3 Å². The van der Waals surface area contributed by atoms with Gasteiger partial charge in [0, 0.05) is 22.2 Å². The zero-order valence-corrected chi connectivity index (χ0v) is 20.8. The molecule has 0 aromatic heterocycles. The Morgan fingerprint density at radius 2 is 1.56 bits per heavy atom. The lowest BCUT2D eigenvalue weighted by Crippen LogP contribution is -2.13. The van der Waals surface area contributed by atoms with Gasteiger partial charge in [-0.3, -0.25) is 4.79 Å². The monoisotopic (exact) mass is 512 g/mol. The summed E-state index contributed by atoms with van der Waals surface area (Å²) in [5, 5.41) is 13.5. The van der Waals surface area contributed by atoms with Crippen molar-refractivity contribution in [3.8, 4) is 11.8 Å². The van der Waals surface area contributed by atoms with Crippen LogP contribution in [0.5, 0.6) is 5.75 Å². The number of carbonyl (C=O) groups excluding carboxylic acids is 1. The van der Waals surface area contributed by atoms with E-state index < -0.39 is 5.91 Å². The maximum Gasteiger partial charge on any atom is 0.266 e. The fraction of sp³-hybridized carbons (Fsp3) is 0.0667. The first-order valence-electron chi connectivity index (χ1n) is 11.2. The molecule has 4 aromatic rings. The van der Waals surface area contributed by atoms with Crippen molar-refractivity contribution in [2.24, 2.45) is 0 Å². The number of nitrogens with one attached hydrogen (secondary N) is 1. The Hall–Kier alpha value is -4.04. The molecular formula is C30H22Cl2N2O2. The maximum atomic E-state index is 12.7. The summed E-state index contributed by atoms with van der Waals surface area (Å²) in [4.78, 5) is 12.7. The van der Waals surface area contributed by atoms with Gasteiger partial charge in [-0.25, -0.2) is 0 Å². The van der Waals surface area contributed by atoms with Crippen molar-refractivity contribution < 1.29 is 9.53 Å². The smallest absolute Gasteiger partial charge is 0.266 e. The van der Waals surface area contributed by atoms with E-state index in [1.54, 1.807) is 30.3 Å². The minimum absolute atomic E-state index is 0.0330. The molecule has 0 heterocycles. The van der Waals surface area contributed by atoms with Gasteiger partial charge in [0.15, 0.2) is 0 Å². The summed E-state index contributed by atoms with van der Waals surface area (Å²) < 4.78 is 5.77. The number of benzene rings is 4. The van der Waals surface area contributed by atoms with E-state index in [9.17, 15) is 10.1 Å². The molecule has 4 rings (SSSR count). The van der Waals surface area contributed by atoms with Gasteiger partial charge >= 0.3 is 0 Å². The van der Waals surface area contributed by atoms with E-state index in [2.05, 4.69) is 5.32 Å². The van der Waals surface area contributed by atoms with Crippen LogP contribution in [-0.2, 0) is 17.8 Å². The number of hydrogen-bond acceptors (Lipinski definition) is 3. The molecule has 0 saturated heterocycles. The van der Waals surface area contributed by atoms with Gasteiger partial charge in [-0.05, 0) is 64.7 Å². The minimum atomic E-state index is -0.508. The molecule has 0 atom stereocenters. The van der Waals surface area contributed by atoms with E-state index in [0.717, 1.165) is 16.7 Å². The van der Waals surface area contributed by atoms with Crippen molar-refractivity contribution in [2.75, 3.05) is 5.32 Å². The van der Waals surface area contributed by atoms with Crippen LogP contribution in [0, 0.1) is 11.3 Å². The van der Waals surface area contributed by atoms with Gasteiger partial charge in [-0.2, -0.15) is 5.26 Å². The van der Waals surface area contributed by atoms with E-state index >= 15 is 0 Å². The Balaban J connectivity index is 1.39. The van der Waals surface area contributed by atoms with Crippen molar-refractivity contribution in [3.63, 3.8) is 0 Å². The Kier molecular flexibility index (Phi) is 8.41. The highest BCUT2D eigenvalue weighted by Gasteiger charge is 2.11. The topological polar surface area (TPSA) is 62.1 Å². The molecule has 1 N–H and O–H groups in total. The number of ether oxygens (including phenoxy) is 1. The third kappa shape index (κ3) is 6.76. The zero-order valence-electron chi connectivity index (χ0n) is 19.2. The van der Waals surface area contributed by atoms with E-state index in [1.165, 1.54) is 6.08 Å². The third-order valence-corrected chi connectivity index (χ3v) is 6.17. The quantitative estimate of drug-likeness (QED) is 0.194. The molecule has 0 aliphatic rings. The average Bonchev–Trinajstić information content (AvgIpc) is 2.90. The highest BCUT2D eigenvalue weighted by atomic mass is 35.5. The lowest BCUT2D eigenvalue weighted by molar-refractivity contribution is -0.112. The number of nitriles is 1. The van der Waals surface area contributed by atoms with Crippen LogP contribution >= 0.6 is 23.2 Å². The van der Waals surface area contributed by atoms with Crippen LogP contribution in [0.15, 0.2) is 103 Å². The summed E-state index contributed by atoms with van der Waals surface area (Å²) in [5.41, 5.74) is 4.11. The summed E-state index contributed by atoms with van der Waals surface area (Å²) in [6, 6.07) is 31.8. The molecule has 6 heteroatoms. The van der Waals surface area contributed by atoms with Crippen LogP contribution in [-0.4, -0.2) is 5.91 Å². The number of carbonyl (C=O) groups is 1. The summed E-state index contributed by atoms with van der Waals surface area (Å²) in [7, 11) is 0. The van der Waals surface area contributed by atoms with Gasteiger partial charge in [-0.1, -0.05) is 83.9 Å². The van der Waals surface area contributed by atoms with Gasteiger partial charge < -0.3 is 10.1 Å². The predicted octanol–water partition coefficient (Wildman–Crippen LogP) is 7.71. The SMILES string of the molecule is N#C/C(=C\c1ccc(Cc2ccccc2Cl)c(Cl)c1)C(=O)Nc1ccc(OCc2ccccc2)cc1. The molecule has 36 heavy (non-hydrogen) atoms. The van der Waals surface area contributed by atoms with Gasteiger partial charge in [-0.15, -0.1) is 0 Å². The minimum Gasteiger partial charge on any atom is -0.489 e. The largest absolute Gasteiger partial charge is 0.489 e. The zero-order chi connectivity index (χ0) is 25.3. The van der Waals surface area contributed by atoms with Crippen LogP contribution in [0.2, 0.25) is 10.0 Å². The first-order chi connectivity index (χ1) is 17.5. The molecule has 4 aromatic carbocycles. The molecule has 0 bridgehead atoms. The standard InChI is InChI=1S/C30H22Cl2N2O2/c31-28-9-5-4-8-23(28)18-24-11-10-22(17-29(24)32)16-25(19-33)30(35)34-26-12-14-27(15-13-26)36-20-21-6-2-1-3-7-21/h1-17H,18,20H2,(H,34,35)/b25-16+. The molecule has 0 unspecified atom stereocenters. The van der Waals surface area contributed by atoms with E-state index in [0.29, 0.717) is 40.1 Å². The van der Waals surface area contributed by atoms with Gasteiger partial charge in [0.1, 0.15) is 24.0 Å². The molecule has 0 saturated carbocycles. The number of halogens is 2. The predicted molar refractivity (Wildman–Crippen MR) is 145 cm³/mol. The molecule has 0 spiro atoms. The van der Waals surface area contributed by atoms with Gasteiger partial charge in [0.05, 0.1) is 0 Å². The lowest BCUT2D eigenvalue weighted by atomic mass is 10.0. The fourth-order valence-corrected chi connectivity index (χ4v) is 3.99. The van der Waals surface area contributed by atoms with Crippen LogP contribution in [0.3, 0.4) is 0 Å². The summed E-state index contributed by atoms with van der Waals surface area (Å²) in [6.45, 7) is 0.452. The molecule has 0 aliphatic carbocycles. The van der Waals surface area contributed by atoms with Crippen molar-refractivity contribution in [1.82, 2.24) is 0 Å². The summed E-state index contributed by atoms with van der Waals surface area (Å²) in [6.07, 6.45) is 2.09. The molecular weight excluding hydrogens is 491 g/mol. The average molecular weight is 513 g/mol. The van der Waals surface area contributed by atoms with Crippen molar-refractivity contribution in [2.45, 2.75) is 13.0 Å². The second kappa shape index (κ2) is 12.1. The van der Waals surface area contributed by atoms with Gasteiger partial charge in [0.2, 0.25) is 0 Å². The molecule has 0 fully saturated rings. The van der Waals surface area contributed by atoms with Crippen LogP contribution in [0.4, 0.5) is 5.69 Å². The van der Waals surface area contributed by atoms with E-state index in [1.807, 2.05) is 72.8 Å². The normalized spacial score (nSPS) is 11.0. The van der Waals surface area contributed by atoms with Crippen molar-refractivity contribution in [3.05, 3.63) is 135 Å². The van der Waals surface area contributed by atoms with Gasteiger partial charge in [0.25, 0.3) is 5.91 Å². The molecule has 0 radical (unpaired) electrons. The number of hydrogen-bond donors (Lipinski definition) is 1. The maximum absolute atomic E-state index is 12.7. The Labute approximate surface area is 220 Å². The lowest BCUT2D eigenvalue weighted by Gasteiger charge is -2.09. The van der Waals surface area contributed by atoms with Crippen molar-refractivity contribution >= 4 is 40.9 Å². The third-order valence-electron chi connectivity index (χ3n) is 5.45. The molecule has 1 amide bonds. The van der Waals surface area contributed by atoms with E-state index in [4.69, 9.17) is 27.9 Å². The second-order valence-electron chi connectivity index (χ2n) is 8.04. The number of rotatable bonds is 8. The van der Waals surface area contributed by atoms with Crippen LogP contribution in [0.25, 0.3) is 6.08 Å². The molecule has 178 valence electrons. The second-order valence-corrected chi connectivity index (χ2v) is 8.86. The number of amides is 1. The Morgan fingerprint density at radius 3 is 2.25 bits per heavy atom. The van der Waals surface area contributed by atoms with Crippen LogP contribution < -0.4 is 10.1 Å². The first kappa shape index (κ1) is 25.1. The fourth-order valence-electron chi connectivity index (χ4n) is 3.53. The Bertz CT molecular complexity index is 1430. The highest BCUT2D eigenvalue weighted by molar-refractivity contribution is 6.32. The number of anilines is 1. The highest BCUT2D eigenvalue weighted by Crippen LogP contribution is 2.26. The Morgan fingerprint density at radius 1 is 0.861 bits per heavy atom. The summed E-state index contributed by atoms with van der Waals surface area (Å²) >= 11 is 12.7. The number of nitrogens with zero attached hydrogens (tertiary/aromatic N) is 1. The molecule has 4 nitrogen and oxygen atoms in total. The first-order valence-corrected chi connectivity index (χ1v) is 12.0.